The van der Waals surface area contributed by atoms with Crippen molar-refractivity contribution in [2.45, 2.75) is 18.9 Å². The molecule has 0 spiro atoms. The second-order valence-corrected chi connectivity index (χ2v) is 5.25. The standard InChI is InChI=1S/C15H19N3O3/c1-16(12-8-9-12)10-4-7-15(19)17(2)13-5-3-6-14(11-13)18(20)21/h3-7,11-12H,8-10H2,1-2H3/b7-4+. The first-order valence-corrected chi connectivity index (χ1v) is 6.88. The van der Waals surface area contributed by atoms with E-state index in [-0.39, 0.29) is 11.6 Å². The summed E-state index contributed by atoms with van der Waals surface area (Å²) < 4.78 is 0. The second kappa shape index (κ2) is 6.49. The Morgan fingerprint density at radius 3 is 2.76 bits per heavy atom. The fourth-order valence-corrected chi connectivity index (χ4v) is 2.04. The van der Waals surface area contributed by atoms with E-state index in [0.717, 1.165) is 6.54 Å². The van der Waals surface area contributed by atoms with Crippen molar-refractivity contribution in [1.29, 1.82) is 0 Å². The first-order chi connectivity index (χ1) is 9.99. The van der Waals surface area contributed by atoms with E-state index in [1.807, 2.05) is 13.1 Å². The molecule has 112 valence electrons. The van der Waals surface area contributed by atoms with E-state index in [9.17, 15) is 14.9 Å². The molecule has 0 bridgehead atoms. The SMILES string of the molecule is CN(C(=O)/C=C/CN(C)C1CC1)c1cccc([N+](=O)[O-])c1. The molecule has 1 aromatic rings. The lowest BCUT2D eigenvalue weighted by molar-refractivity contribution is -0.384. The second-order valence-electron chi connectivity index (χ2n) is 5.25. The molecule has 0 heterocycles. The number of amides is 1. The molecule has 21 heavy (non-hydrogen) atoms. The van der Waals surface area contributed by atoms with Gasteiger partial charge in [0.2, 0.25) is 5.91 Å². The summed E-state index contributed by atoms with van der Waals surface area (Å²) in [5.74, 6) is -0.195. The van der Waals surface area contributed by atoms with Crippen LogP contribution in [0.2, 0.25) is 0 Å². The van der Waals surface area contributed by atoms with Gasteiger partial charge in [-0.05, 0) is 26.0 Å². The molecule has 1 aliphatic carbocycles. The maximum atomic E-state index is 12.0. The summed E-state index contributed by atoms with van der Waals surface area (Å²) in [5, 5.41) is 10.7. The number of anilines is 1. The predicted molar refractivity (Wildman–Crippen MR) is 81.3 cm³/mol. The van der Waals surface area contributed by atoms with Gasteiger partial charge in [0.05, 0.1) is 10.6 Å². The van der Waals surface area contributed by atoms with Gasteiger partial charge in [0, 0.05) is 37.8 Å². The quantitative estimate of drug-likeness (QED) is 0.457. The van der Waals surface area contributed by atoms with E-state index in [4.69, 9.17) is 0 Å². The number of hydrogen-bond acceptors (Lipinski definition) is 4. The molecule has 1 aliphatic rings. The molecule has 1 aromatic carbocycles. The Kier molecular flexibility index (Phi) is 4.70. The number of carbonyl (C=O) groups excluding carboxylic acids is 1. The van der Waals surface area contributed by atoms with Crippen molar-refractivity contribution < 1.29 is 9.72 Å². The zero-order chi connectivity index (χ0) is 15.4. The first kappa shape index (κ1) is 15.2. The smallest absolute Gasteiger partial charge is 0.271 e. The predicted octanol–water partition coefficient (Wildman–Crippen LogP) is 2.21. The molecule has 6 nitrogen and oxygen atoms in total. The number of non-ortho nitro benzene ring substituents is 1. The van der Waals surface area contributed by atoms with Gasteiger partial charge in [-0.2, -0.15) is 0 Å². The van der Waals surface area contributed by atoms with Crippen LogP contribution in [0.4, 0.5) is 11.4 Å². The van der Waals surface area contributed by atoms with E-state index in [2.05, 4.69) is 4.90 Å². The van der Waals surface area contributed by atoms with Crippen LogP contribution in [0.3, 0.4) is 0 Å². The largest absolute Gasteiger partial charge is 0.312 e. The van der Waals surface area contributed by atoms with Crippen molar-refractivity contribution in [2.75, 3.05) is 25.5 Å². The van der Waals surface area contributed by atoms with Gasteiger partial charge < -0.3 is 4.90 Å². The number of rotatable bonds is 6. The lowest BCUT2D eigenvalue weighted by atomic mass is 10.2. The Balaban J connectivity index is 1.96. The maximum absolute atomic E-state index is 12.0. The van der Waals surface area contributed by atoms with Crippen LogP contribution >= 0.6 is 0 Å². The number of nitro groups is 1. The third-order valence-corrected chi connectivity index (χ3v) is 3.58. The summed E-state index contributed by atoms with van der Waals surface area (Å²) in [6, 6.07) is 6.69. The van der Waals surface area contributed by atoms with Gasteiger partial charge >= 0.3 is 0 Å². The third-order valence-electron chi connectivity index (χ3n) is 3.58. The number of hydrogen-bond donors (Lipinski definition) is 0. The Labute approximate surface area is 123 Å². The van der Waals surface area contributed by atoms with Crippen LogP contribution in [0.1, 0.15) is 12.8 Å². The van der Waals surface area contributed by atoms with E-state index in [0.29, 0.717) is 11.7 Å². The molecular formula is C15H19N3O3. The number of likely N-dealkylation sites (N-methyl/N-ethyl adjacent to an activating group) is 2. The van der Waals surface area contributed by atoms with Gasteiger partial charge in [0.15, 0.2) is 0 Å². The highest BCUT2D eigenvalue weighted by molar-refractivity contribution is 6.01. The molecular weight excluding hydrogens is 270 g/mol. The maximum Gasteiger partial charge on any atom is 0.271 e. The van der Waals surface area contributed by atoms with Crippen molar-refractivity contribution in [3.8, 4) is 0 Å². The molecule has 0 aliphatic heterocycles. The number of carbonyl (C=O) groups is 1. The van der Waals surface area contributed by atoms with Crippen LogP contribution in [0.15, 0.2) is 36.4 Å². The highest BCUT2D eigenvalue weighted by Crippen LogP contribution is 2.25. The molecule has 0 N–H and O–H groups in total. The summed E-state index contributed by atoms with van der Waals surface area (Å²) in [6.07, 6.45) is 5.80. The van der Waals surface area contributed by atoms with Crippen molar-refractivity contribution in [3.63, 3.8) is 0 Å². The molecule has 1 fully saturated rings. The Morgan fingerprint density at radius 2 is 2.14 bits per heavy atom. The fraction of sp³-hybridized carbons (Fsp3) is 0.400. The van der Waals surface area contributed by atoms with Crippen LogP contribution in [-0.2, 0) is 4.79 Å². The molecule has 0 atom stereocenters. The summed E-state index contributed by atoms with van der Waals surface area (Å²) in [6.45, 7) is 0.735. The van der Waals surface area contributed by atoms with Crippen LogP contribution in [0.25, 0.3) is 0 Å². The highest BCUT2D eigenvalue weighted by atomic mass is 16.6. The summed E-state index contributed by atoms with van der Waals surface area (Å²) >= 11 is 0. The Morgan fingerprint density at radius 1 is 1.43 bits per heavy atom. The van der Waals surface area contributed by atoms with Gasteiger partial charge in [-0.3, -0.25) is 19.8 Å². The van der Waals surface area contributed by atoms with Gasteiger partial charge in [0.25, 0.3) is 5.69 Å². The van der Waals surface area contributed by atoms with Gasteiger partial charge in [-0.15, -0.1) is 0 Å². The van der Waals surface area contributed by atoms with E-state index >= 15 is 0 Å². The minimum absolute atomic E-state index is 0.0235. The molecule has 0 unspecified atom stereocenters. The van der Waals surface area contributed by atoms with Crippen LogP contribution in [0.5, 0.6) is 0 Å². The van der Waals surface area contributed by atoms with Gasteiger partial charge in [-0.25, -0.2) is 0 Å². The first-order valence-electron chi connectivity index (χ1n) is 6.88. The fourth-order valence-electron chi connectivity index (χ4n) is 2.04. The molecule has 0 aromatic heterocycles. The molecule has 2 rings (SSSR count). The highest BCUT2D eigenvalue weighted by Gasteiger charge is 2.24. The van der Waals surface area contributed by atoms with Crippen molar-refractivity contribution in [2.24, 2.45) is 0 Å². The average molecular weight is 289 g/mol. The van der Waals surface area contributed by atoms with Crippen LogP contribution in [0, 0.1) is 10.1 Å². The minimum atomic E-state index is -0.470. The van der Waals surface area contributed by atoms with Crippen molar-refractivity contribution >= 4 is 17.3 Å². The third kappa shape index (κ3) is 4.13. The van der Waals surface area contributed by atoms with Crippen molar-refractivity contribution in [1.82, 2.24) is 4.90 Å². The lowest BCUT2D eigenvalue weighted by Crippen LogP contribution is -2.25. The topological polar surface area (TPSA) is 66.7 Å². The van der Waals surface area contributed by atoms with Crippen LogP contribution in [-0.4, -0.2) is 42.4 Å². The zero-order valence-corrected chi connectivity index (χ0v) is 12.2. The Hall–Kier alpha value is -2.21. The zero-order valence-electron chi connectivity index (χ0n) is 12.2. The summed E-state index contributed by atoms with van der Waals surface area (Å²) in [4.78, 5) is 25.9. The van der Waals surface area contributed by atoms with E-state index in [1.165, 1.54) is 36.0 Å². The number of benzene rings is 1. The van der Waals surface area contributed by atoms with E-state index in [1.54, 1.807) is 19.2 Å². The Bertz CT molecular complexity index is 567. The molecule has 1 amide bonds. The molecule has 6 heteroatoms. The monoisotopic (exact) mass is 289 g/mol. The van der Waals surface area contributed by atoms with E-state index < -0.39 is 4.92 Å². The normalized spacial score (nSPS) is 14.6. The molecule has 1 saturated carbocycles. The van der Waals surface area contributed by atoms with Gasteiger partial charge in [-0.1, -0.05) is 12.1 Å². The summed E-state index contributed by atoms with van der Waals surface area (Å²) in [7, 11) is 3.65. The van der Waals surface area contributed by atoms with Gasteiger partial charge in [0.1, 0.15) is 0 Å². The lowest BCUT2D eigenvalue weighted by Gasteiger charge is -2.15. The van der Waals surface area contributed by atoms with Crippen LogP contribution < -0.4 is 4.90 Å². The molecule has 0 saturated heterocycles. The summed E-state index contributed by atoms with van der Waals surface area (Å²) in [5.41, 5.74) is 0.485. The molecule has 0 radical (unpaired) electrons. The average Bonchev–Trinajstić information content (AvgIpc) is 3.31. The van der Waals surface area contributed by atoms with Crippen molar-refractivity contribution in [3.05, 3.63) is 46.5 Å². The minimum Gasteiger partial charge on any atom is -0.312 e. The number of nitro benzene ring substituents is 1. The number of nitrogens with zero attached hydrogens (tertiary/aromatic N) is 3.